The Balaban J connectivity index is 1.77. The molecule has 3 heterocycles. The number of nitrogens with two attached hydrogens (primary N) is 1. The first-order valence-corrected chi connectivity index (χ1v) is 8.99. The molecule has 0 aromatic carbocycles. The molecule has 0 bridgehead atoms. The highest BCUT2D eigenvalue weighted by molar-refractivity contribution is 7.20. The topological polar surface area (TPSA) is 93.6 Å². The smallest absolute Gasteiger partial charge is 0.283 e. The Morgan fingerprint density at radius 3 is 2.52 bits per heavy atom. The van der Waals surface area contributed by atoms with Gasteiger partial charge in [-0.1, -0.05) is 23.5 Å². The minimum atomic E-state index is -0.391. The summed E-state index contributed by atoms with van der Waals surface area (Å²) in [5.41, 5.74) is 6.81. The van der Waals surface area contributed by atoms with Crippen molar-refractivity contribution in [3.05, 3.63) is 45.8 Å². The number of hydrogen-bond acceptors (Lipinski definition) is 7. The Morgan fingerprint density at radius 2 is 1.80 bits per heavy atom. The van der Waals surface area contributed by atoms with Gasteiger partial charge in [0.2, 0.25) is 10.1 Å². The molecule has 1 fully saturated rings. The maximum absolute atomic E-state index is 12.4. The highest BCUT2D eigenvalue weighted by atomic mass is 32.1. The lowest BCUT2D eigenvalue weighted by atomic mass is 10.1. The van der Waals surface area contributed by atoms with Crippen LogP contribution in [0.1, 0.15) is 24.8 Å². The first kappa shape index (κ1) is 15.8. The molecule has 4 rings (SSSR count). The van der Waals surface area contributed by atoms with Crippen molar-refractivity contribution in [3.63, 3.8) is 0 Å². The summed E-state index contributed by atoms with van der Waals surface area (Å²) in [4.78, 5) is 30.4. The number of nitrogens with zero attached hydrogens (tertiary/aromatic N) is 4. The van der Waals surface area contributed by atoms with Gasteiger partial charge in [0.05, 0.1) is 5.56 Å². The second-order valence-electron chi connectivity index (χ2n) is 6.06. The van der Waals surface area contributed by atoms with Crippen LogP contribution in [0.5, 0.6) is 0 Å². The number of piperidine rings is 1. The van der Waals surface area contributed by atoms with Crippen LogP contribution >= 0.6 is 11.3 Å². The van der Waals surface area contributed by atoms with Crippen LogP contribution in [-0.4, -0.2) is 33.5 Å². The molecule has 0 spiro atoms. The molecule has 0 radical (unpaired) electrons. The van der Waals surface area contributed by atoms with E-state index in [0.29, 0.717) is 4.96 Å². The lowest BCUT2D eigenvalue weighted by molar-refractivity contribution is -0.110. The van der Waals surface area contributed by atoms with Crippen LogP contribution in [0.15, 0.2) is 34.7 Å². The summed E-state index contributed by atoms with van der Waals surface area (Å²) in [6.45, 7) is 1.93. The number of fused-ring (bicyclic) bond motifs is 1. The van der Waals surface area contributed by atoms with Crippen LogP contribution in [0, 0.1) is 0 Å². The standard InChI is InChI=1S/C17H17N5O2S/c18-14-13(10-11-4-6-12(23)7-5-11)15(24)19-16-22(14)20-17(25-16)21-8-2-1-3-9-21/h4-7,10H,1-3,8-9,18H2. The predicted octanol–water partition coefficient (Wildman–Crippen LogP) is 1.80. The second kappa shape index (κ2) is 6.29. The van der Waals surface area contributed by atoms with Gasteiger partial charge in [-0.2, -0.15) is 9.50 Å². The van der Waals surface area contributed by atoms with Crippen molar-refractivity contribution in [2.75, 3.05) is 23.7 Å². The lowest BCUT2D eigenvalue weighted by Crippen LogP contribution is -2.29. The van der Waals surface area contributed by atoms with Crippen molar-refractivity contribution in [1.29, 1.82) is 0 Å². The van der Waals surface area contributed by atoms with E-state index in [2.05, 4.69) is 15.0 Å². The third kappa shape index (κ3) is 3.00. The van der Waals surface area contributed by atoms with Crippen molar-refractivity contribution in [1.82, 2.24) is 14.6 Å². The first-order chi connectivity index (χ1) is 12.1. The maximum atomic E-state index is 12.4. The molecular weight excluding hydrogens is 338 g/mol. The number of carbonyl (C=O) groups is 1. The van der Waals surface area contributed by atoms with Crippen molar-refractivity contribution in [3.8, 4) is 0 Å². The molecule has 1 saturated heterocycles. The molecule has 1 aliphatic carbocycles. The Kier molecular flexibility index (Phi) is 3.96. The fraction of sp³-hybridized carbons (Fsp3) is 0.294. The highest BCUT2D eigenvalue weighted by Gasteiger charge is 2.18. The summed E-state index contributed by atoms with van der Waals surface area (Å²) in [7, 11) is 0. The number of anilines is 2. The van der Waals surface area contributed by atoms with E-state index < -0.39 is 5.56 Å². The quantitative estimate of drug-likeness (QED) is 0.883. The average Bonchev–Trinajstić information content (AvgIpc) is 3.05. The molecular formula is C17H17N5O2S. The van der Waals surface area contributed by atoms with E-state index in [0.717, 1.165) is 36.6 Å². The summed E-state index contributed by atoms with van der Waals surface area (Å²) in [6.07, 6.45) is 11.4. The monoisotopic (exact) mass is 355 g/mol. The SMILES string of the molecule is Nc1c(C=C2C=CC(=O)C=C2)c(=O)nc2sc(N3CCCCC3)nn12. The summed E-state index contributed by atoms with van der Waals surface area (Å²) in [5, 5.41) is 5.40. The third-order valence-corrected chi connectivity index (χ3v) is 5.27. The van der Waals surface area contributed by atoms with Crippen molar-refractivity contribution >= 4 is 39.1 Å². The van der Waals surface area contributed by atoms with Gasteiger partial charge >= 0.3 is 0 Å². The van der Waals surface area contributed by atoms with Crippen LogP contribution in [-0.2, 0) is 4.79 Å². The van der Waals surface area contributed by atoms with Crippen LogP contribution in [0.3, 0.4) is 0 Å². The molecule has 0 saturated carbocycles. The van der Waals surface area contributed by atoms with E-state index in [4.69, 9.17) is 5.73 Å². The molecule has 2 N–H and O–H groups in total. The molecule has 2 aromatic heterocycles. The summed E-state index contributed by atoms with van der Waals surface area (Å²) in [5.74, 6) is 0.182. The van der Waals surface area contributed by atoms with Gasteiger partial charge in [-0.15, -0.1) is 5.10 Å². The number of ketones is 1. The lowest BCUT2D eigenvalue weighted by Gasteiger charge is -2.25. The fourth-order valence-corrected chi connectivity index (χ4v) is 3.90. The van der Waals surface area contributed by atoms with Crippen LogP contribution in [0.4, 0.5) is 10.9 Å². The number of aromatic nitrogens is 3. The van der Waals surface area contributed by atoms with E-state index >= 15 is 0 Å². The average molecular weight is 355 g/mol. The Morgan fingerprint density at radius 1 is 1.08 bits per heavy atom. The normalized spacial score (nSPS) is 17.5. The van der Waals surface area contributed by atoms with Gasteiger partial charge in [0.1, 0.15) is 5.82 Å². The molecule has 25 heavy (non-hydrogen) atoms. The number of nitrogen functional groups attached to an aromatic ring is 1. The van der Waals surface area contributed by atoms with Gasteiger partial charge in [-0.25, -0.2) is 0 Å². The van der Waals surface area contributed by atoms with E-state index in [1.165, 1.54) is 34.4 Å². The molecule has 1 aliphatic heterocycles. The first-order valence-electron chi connectivity index (χ1n) is 8.18. The van der Waals surface area contributed by atoms with Gasteiger partial charge in [0.15, 0.2) is 5.78 Å². The van der Waals surface area contributed by atoms with E-state index in [1.807, 2.05) is 0 Å². The predicted molar refractivity (Wildman–Crippen MR) is 98.9 cm³/mol. The van der Waals surface area contributed by atoms with Gasteiger partial charge in [0, 0.05) is 13.1 Å². The molecule has 0 atom stereocenters. The third-order valence-electron chi connectivity index (χ3n) is 4.30. The van der Waals surface area contributed by atoms with Gasteiger partial charge < -0.3 is 10.6 Å². The largest absolute Gasteiger partial charge is 0.383 e. The maximum Gasteiger partial charge on any atom is 0.283 e. The van der Waals surface area contributed by atoms with Crippen molar-refractivity contribution in [2.24, 2.45) is 0 Å². The number of hydrogen-bond donors (Lipinski definition) is 1. The Hall–Kier alpha value is -2.74. The van der Waals surface area contributed by atoms with Crippen molar-refractivity contribution < 1.29 is 4.79 Å². The summed E-state index contributed by atoms with van der Waals surface area (Å²) in [6, 6.07) is 0. The zero-order chi connectivity index (χ0) is 17.4. The Bertz CT molecular complexity index is 974. The molecule has 7 nitrogen and oxygen atoms in total. The van der Waals surface area contributed by atoms with Crippen LogP contribution in [0.2, 0.25) is 0 Å². The van der Waals surface area contributed by atoms with E-state index in [-0.39, 0.29) is 17.2 Å². The highest BCUT2D eigenvalue weighted by Crippen LogP contribution is 2.27. The number of rotatable bonds is 2. The van der Waals surface area contributed by atoms with Gasteiger partial charge in [0.25, 0.3) is 5.56 Å². The van der Waals surface area contributed by atoms with Gasteiger partial charge in [-0.3, -0.25) is 9.59 Å². The summed E-state index contributed by atoms with van der Waals surface area (Å²) < 4.78 is 1.53. The zero-order valence-electron chi connectivity index (χ0n) is 13.5. The Labute approximate surface area is 147 Å². The van der Waals surface area contributed by atoms with Gasteiger partial charge in [-0.05, 0) is 43.1 Å². The number of carbonyl (C=O) groups excluding carboxylic acids is 1. The van der Waals surface area contributed by atoms with E-state index in [1.54, 1.807) is 18.2 Å². The number of allylic oxidation sites excluding steroid dienone is 5. The van der Waals surface area contributed by atoms with Crippen molar-refractivity contribution in [2.45, 2.75) is 19.3 Å². The van der Waals surface area contributed by atoms with Crippen LogP contribution in [0.25, 0.3) is 11.0 Å². The van der Waals surface area contributed by atoms with E-state index in [9.17, 15) is 9.59 Å². The second-order valence-corrected chi connectivity index (χ2v) is 6.99. The molecule has 8 heteroatoms. The molecule has 2 aromatic rings. The fourth-order valence-electron chi connectivity index (χ4n) is 2.95. The minimum absolute atomic E-state index is 0.0823. The minimum Gasteiger partial charge on any atom is -0.383 e. The molecule has 0 unspecified atom stereocenters. The molecule has 2 aliphatic rings. The molecule has 0 amide bonds. The van der Waals surface area contributed by atoms with Crippen LogP contribution < -0.4 is 16.2 Å². The zero-order valence-corrected chi connectivity index (χ0v) is 14.3. The molecule has 128 valence electrons. The summed E-state index contributed by atoms with van der Waals surface area (Å²) >= 11 is 1.38.